The van der Waals surface area contributed by atoms with E-state index in [0.29, 0.717) is 15.7 Å². The van der Waals surface area contributed by atoms with Crippen LogP contribution in [0.3, 0.4) is 0 Å². The molecule has 0 amide bonds. The summed E-state index contributed by atoms with van der Waals surface area (Å²) in [6.45, 7) is 3.83. The largest absolute Gasteiger partial charge is 0.273 e. The number of hydrogen-bond acceptors (Lipinski definition) is 2. The van der Waals surface area contributed by atoms with Gasteiger partial charge in [-0.05, 0) is 32.0 Å². The van der Waals surface area contributed by atoms with E-state index in [4.69, 9.17) is 28.0 Å². The lowest BCUT2D eigenvalue weighted by Gasteiger charge is -2.04. The lowest BCUT2D eigenvalue weighted by atomic mass is 10.3. The molecule has 0 spiro atoms. The molecule has 1 rings (SSSR count). The highest BCUT2D eigenvalue weighted by Gasteiger charge is 1.95. The zero-order valence-corrected chi connectivity index (χ0v) is 10.0. The minimum absolute atomic E-state index is 0.0967. The number of hydrogen-bond donors (Lipinski definition) is 1. The summed E-state index contributed by atoms with van der Waals surface area (Å²) in [5, 5.41) is 1.11. The van der Waals surface area contributed by atoms with Crippen LogP contribution >= 0.6 is 23.2 Å². The minimum atomic E-state index is 0.0967. The van der Waals surface area contributed by atoms with Crippen LogP contribution in [0.5, 0.6) is 0 Å². The molecular weight excluding hydrogens is 235 g/mol. The highest BCUT2D eigenvalue weighted by Crippen LogP contribution is 2.23. The second kappa shape index (κ2) is 5.95. The Morgan fingerprint density at radius 3 is 2.40 bits per heavy atom. The van der Waals surface area contributed by atoms with Crippen molar-refractivity contribution < 1.29 is 4.84 Å². The van der Waals surface area contributed by atoms with Crippen LogP contribution in [0.2, 0.25) is 10.0 Å². The topological polar surface area (TPSA) is 33.6 Å². The third-order valence-corrected chi connectivity index (χ3v) is 1.85. The molecule has 0 aliphatic carbocycles. The molecule has 0 saturated carbocycles. The van der Waals surface area contributed by atoms with Gasteiger partial charge in [-0.2, -0.15) is 0 Å². The van der Waals surface area contributed by atoms with Gasteiger partial charge < -0.3 is 0 Å². The average molecular weight is 247 g/mol. The second-order valence-electron chi connectivity index (χ2n) is 3.17. The van der Waals surface area contributed by atoms with Gasteiger partial charge in [0, 0.05) is 10.0 Å². The van der Waals surface area contributed by atoms with E-state index in [1.54, 1.807) is 18.2 Å². The van der Waals surface area contributed by atoms with Crippen LogP contribution in [-0.4, -0.2) is 12.4 Å². The van der Waals surface area contributed by atoms with Crippen molar-refractivity contribution >= 4 is 35.2 Å². The maximum Gasteiger partial charge on any atom is 0.113 e. The molecule has 0 atom stereocenters. The number of hydroxylamine groups is 1. The molecule has 82 valence electrons. The summed E-state index contributed by atoms with van der Waals surface area (Å²) < 4.78 is 0. The van der Waals surface area contributed by atoms with Gasteiger partial charge in [-0.15, -0.1) is 0 Å². The Labute approximate surface area is 99.0 Å². The Hall–Kier alpha value is -0.770. The summed E-state index contributed by atoms with van der Waals surface area (Å²) in [5.74, 6) is 0. The number of nitrogens with one attached hydrogen (secondary N) is 1. The quantitative estimate of drug-likeness (QED) is 0.501. The predicted molar refractivity (Wildman–Crippen MR) is 64.0 cm³/mol. The fourth-order valence-corrected chi connectivity index (χ4v) is 1.40. The minimum Gasteiger partial charge on any atom is -0.273 e. The van der Waals surface area contributed by atoms with Crippen molar-refractivity contribution in [2.45, 2.75) is 20.0 Å². The van der Waals surface area contributed by atoms with E-state index >= 15 is 0 Å². The molecule has 0 saturated heterocycles. The molecule has 0 fully saturated rings. The second-order valence-corrected chi connectivity index (χ2v) is 4.04. The van der Waals surface area contributed by atoms with E-state index in [1.165, 1.54) is 6.34 Å². The summed E-state index contributed by atoms with van der Waals surface area (Å²) in [7, 11) is 0. The van der Waals surface area contributed by atoms with E-state index in [2.05, 4.69) is 10.5 Å². The summed E-state index contributed by atoms with van der Waals surface area (Å²) in [6, 6.07) is 5.07. The van der Waals surface area contributed by atoms with Gasteiger partial charge in [0.25, 0.3) is 0 Å². The van der Waals surface area contributed by atoms with Crippen LogP contribution in [0.1, 0.15) is 13.8 Å². The summed E-state index contributed by atoms with van der Waals surface area (Å²) in [4.78, 5) is 9.13. The van der Waals surface area contributed by atoms with E-state index in [9.17, 15) is 0 Å². The van der Waals surface area contributed by atoms with Crippen LogP contribution in [-0.2, 0) is 4.84 Å². The molecule has 5 heteroatoms. The first-order valence-electron chi connectivity index (χ1n) is 4.48. The van der Waals surface area contributed by atoms with Gasteiger partial charge >= 0.3 is 0 Å². The molecule has 1 N–H and O–H groups in total. The number of halogens is 2. The van der Waals surface area contributed by atoms with Crippen molar-refractivity contribution in [3.05, 3.63) is 28.2 Å². The zero-order chi connectivity index (χ0) is 11.3. The zero-order valence-electron chi connectivity index (χ0n) is 8.50. The molecule has 0 aliphatic rings. The Morgan fingerprint density at radius 1 is 1.27 bits per heavy atom. The number of aliphatic imine (C=N–C) groups is 1. The Balaban J connectivity index is 2.56. The fourth-order valence-electron chi connectivity index (χ4n) is 0.881. The third-order valence-electron chi connectivity index (χ3n) is 1.42. The Morgan fingerprint density at radius 2 is 1.87 bits per heavy atom. The van der Waals surface area contributed by atoms with E-state index in [-0.39, 0.29) is 6.10 Å². The predicted octanol–water partition coefficient (Wildman–Crippen LogP) is 3.58. The van der Waals surface area contributed by atoms with Crippen molar-refractivity contribution in [2.24, 2.45) is 4.99 Å². The van der Waals surface area contributed by atoms with Crippen molar-refractivity contribution in [1.82, 2.24) is 5.48 Å². The first-order valence-corrected chi connectivity index (χ1v) is 5.23. The highest BCUT2D eigenvalue weighted by atomic mass is 35.5. The van der Waals surface area contributed by atoms with Crippen molar-refractivity contribution in [3.8, 4) is 0 Å². The first kappa shape index (κ1) is 12.3. The van der Waals surface area contributed by atoms with E-state index < -0.39 is 0 Å². The molecule has 0 heterocycles. The van der Waals surface area contributed by atoms with Crippen LogP contribution in [0.4, 0.5) is 5.69 Å². The maximum atomic E-state index is 5.80. The number of benzene rings is 1. The molecule has 3 nitrogen and oxygen atoms in total. The van der Waals surface area contributed by atoms with Gasteiger partial charge in [-0.25, -0.2) is 4.99 Å². The standard InChI is InChI=1S/C10H12Cl2N2O/c1-7(2)15-14-6-13-10-4-8(11)3-9(12)5-10/h3-7H,1-2H3,(H,13,14). The summed E-state index contributed by atoms with van der Waals surface area (Å²) in [5.41, 5.74) is 3.27. The Bertz CT molecular complexity index is 333. The third kappa shape index (κ3) is 5.02. The van der Waals surface area contributed by atoms with Gasteiger partial charge in [0.05, 0.1) is 11.8 Å². The normalized spacial score (nSPS) is 11.3. The molecule has 0 aromatic heterocycles. The van der Waals surface area contributed by atoms with Crippen molar-refractivity contribution in [1.29, 1.82) is 0 Å². The lowest BCUT2D eigenvalue weighted by molar-refractivity contribution is 0.0362. The molecule has 0 aliphatic heterocycles. The molecule has 15 heavy (non-hydrogen) atoms. The fraction of sp³-hybridized carbons (Fsp3) is 0.300. The Kier molecular flexibility index (Phi) is 4.88. The van der Waals surface area contributed by atoms with Gasteiger partial charge in [0.15, 0.2) is 0 Å². The molecular formula is C10H12Cl2N2O. The van der Waals surface area contributed by atoms with Crippen molar-refractivity contribution in [2.75, 3.05) is 0 Å². The first-order chi connectivity index (χ1) is 7.08. The number of rotatable bonds is 4. The lowest BCUT2D eigenvalue weighted by Crippen LogP contribution is -2.17. The summed E-state index contributed by atoms with van der Waals surface area (Å²) >= 11 is 11.6. The molecule has 1 aromatic rings. The van der Waals surface area contributed by atoms with Gasteiger partial charge in [0.2, 0.25) is 0 Å². The molecule has 1 aromatic carbocycles. The number of nitrogens with zero attached hydrogens (tertiary/aromatic N) is 1. The van der Waals surface area contributed by atoms with Crippen LogP contribution < -0.4 is 5.48 Å². The van der Waals surface area contributed by atoms with Gasteiger partial charge in [-0.3, -0.25) is 10.3 Å². The van der Waals surface area contributed by atoms with Gasteiger partial charge in [0.1, 0.15) is 6.34 Å². The average Bonchev–Trinajstić information content (AvgIpc) is 2.10. The van der Waals surface area contributed by atoms with Gasteiger partial charge in [-0.1, -0.05) is 23.2 Å². The maximum absolute atomic E-state index is 5.80. The van der Waals surface area contributed by atoms with Crippen molar-refractivity contribution in [3.63, 3.8) is 0 Å². The SMILES string of the molecule is CC(C)ONC=Nc1cc(Cl)cc(Cl)c1. The molecule has 0 radical (unpaired) electrons. The van der Waals surface area contributed by atoms with E-state index in [0.717, 1.165) is 0 Å². The van der Waals surface area contributed by atoms with Crippen LogP contribution in [0, 0.1) is 0 Å². The molecule has 0 unspecified atom stereocenters. The monoisotopic (exact) mass is 246 g/mol. The summed E-state index contributed by atoms with van der Waals surface area (Å²) in [6.07, 6.45) is 1.54. The highest BCUT2D eigenvalue weighted by molar-refractivity contribution is 6.35. The molecule has 0 bridgehead atoms. The van der Waals surface area contributed by atoms with E-state index in [1.807, 2.05) is 13.8 Å². The van der Waals surface area contributed by atoms with Crippen LogP contribution in [0.15, 0.2) is 23.2 Å². The smallest absolute Gasteiger partial charge is 0.113 e. The van der Waals surface area contributed by atoms with Crippen LogP contribution in [0.25, 0.3) is 0 Å².